The number of ether oxygens (including phenoxy) is 1. The lowest BCUT2D eigenvalue weighted by atomic mass is 10.2. The smallest absolute Gasteiger partial charge is 0.406 e. The van der Waals surface area contributed by atoms with Crippen molar-refractivity contribution in [3.8, 4) is 5.75 Å². The number of rotatable bonds is 3. The van der Waals surface area contributed by atoms with Crippen LogP contribution in [-0.2, 0) is 16.2 Å². The quantitative estimate of drug-likeness (QED) is 0.870. The van der Waals surface area contributed by atoms with Gasteiger partial charge in [0.2, 0.25) is 10.0 Å². The lowest BCUT2D eigenvalue weighted by molar-refractivity contribution is -0.274. The van der Waals surface area contributed by atoms with Crippen molar-refractivity contribution in [1.82, 2.24) is 4.72 Å². The first-order valence-electron chi connectivity index (χ1n) is 4.77. The molecule has 0 aliphatic heterocycles. The predicted molar refractivity (Wildman–Crippen MR) is 54.4 cm³/mol. The summed E-state index contributed by atoms with van der Waals surface area (Å²) >= 11 is 0. The predicted octanol–water partition coefficient (Wildman–Crippen LogP) is 2.51. The van der Waals surface area contributed by atoms with E-state index in [1.165, 1.54) is 0 Å². The molecule has 1 aromatic carbocycles. The number of hydrogen-bond donors (Lipinski definition) is 1. The Morgan fingerprint density at radius 3 is 2.05 bits per heavy atom. The molecule has 0 bridgehead atoms. The molecule has 1 aromatic rings. The minimum atomic E-state index is -5.19. The van der Waals surface area contributed by atoms with Crippen LogP contribution in [0.5, 0.6) is 5.75 Å². The number of sulfonamides is 1. The molecule has 0 saturated heterocycles. The van der Waals surface area contributed by atoms with Crippen molar-refractivity contribution in [2.24, 2.45) is 0 Å². The fourth-order valence-corrected chi connectivity index (χ4v) is 2.20. The second-order valence-electron chi connectivity index (χ2n) is 3.41. The molecule has 0 aliphatic rings. The SMILES string of the molecule is CNS(=O)(=O)c1ccc(OC(F)(F)F)cc1C(F)(F)F. The molecule has 0 atom stereocenters. The molecule has 0 radical (unpaired) electrons. The Balaban J connectivity index is 3.44. The fourth-order valence-electron chi connectivity index (χ4n) is 1.27. The summed E-state index contributed by atoms with van der Waals surface area (Å²) in [6, 6.07) is 0.834. The minimum Gasteiger partial charge on any atom is -0.406 e. The van der Waals surface area contributed by atoms with Crippen LogP contribution in [-0.4, -0.2) is 21.8 Å². The molecule has 0 fully saturated rings. The van der Waals surface area contributed by atoms with E-state index < -0.39 is 38.8 Å². The van der Waals surface area contributed by atoms with Gasteiger partial charge in [0.25, 0.3) is 0 Å². The Kier molecular flexibility index (Phi) is 4.25. The van der Waals surface area contributed by atoms with Crippen molar-refractivity contribution in [1.29, 1.82) is 0 Å². The highest BCUT2D eigenvalue weighted by Crippen LogP contribution is 2.37. The summed E-state index contributed by atoms with van der Waals surface area (Å²) in [6.07, 6.45) is -10.4. The van der Waals surface area contributed by atoms with E-state index in [0.717, 1.165) is 7.05 Å². The first-order valence-corrected chi connectivity index (χ1v) is 6.25. The first-order chi connectivity index (χ1) is 8.87. The molecule has 4 nitrogen and oxygen atoms in total. The van der Waals surface area contributed by atoms with Gasteiger partial charge in [-0.05, 0) is 25.2 Å². The third-order valence-corrected chi connectivity index (χ3v) is 3.52. The van der Waals surface area contributed by atoms with E-state index in [9.17, 15) is 34.8 Å². The summed E-state index contributed by atoms with van der Waals surface area (Å²) in [5.74, 6) is -1.17. The van der Waals surface area contributed by atoms with Crippen LogP contribution in [0, 0.1) is 0 Å². The van der Waals surface area contributed by atoms with Crippen LogP contribution in [0.2, 0.25) is 0 Å². The average molecular weight is 323 g/mol. The Morgan fingerprint density at radius 2 is 1.65 bits per heavy atom. The van der Waals surface area contributed by atoms with Crippen molar-refractivity contribution in [2.75, 3.05) is 7.05 Å². The van der Waals surface area contributed by atoms with Gasteiger partial charge >= 0.3 is 12.5 Å². The Hall–Kier alpha value is -1.49. The molecule has 0 aromatic heterocycles. The summed E-state index contributed by atoms with van der Waals surface area (Å²) in [6.45, 7) is 0. The molecule has 0 heterocycles. The largest absolute Gasteiger partial charge is 0.573 e. The normalized spacial score (nSPS) is 13.3. The number of hydrogen-bond acceptors (Lipinski definition) is 3. The Labute approximate surface area is 109 Å². The Bertz CT molecular complexity index is 593. The lowest BCUT2D eigenvalue weighted by Crippen LogP contribution is -2.23. The van der Waals surface area contributed by atoms with Crippen LogP contribution < -0.4 is 9.46 Å². The number of nitrogens with one attached hydrogen (secondary N) is 1. The molecule has 0 unspecified atom stereocenters. The zero-order valence-corrected chi connectivity index (χ0v) is 10.4. The van der Waals surface area contributed by atoms with Crippen molar-refractivity contribution in [3.05, 3.63) is 23.8 Å². The molecule has 0 spiro atoms. The van der Waals surface area contributed by atoms with Crippen LogP contribution >= 0.6 is 0 Å². The zero-order chi connectivity index (χ0) is 15.8. The molecule has 114 valence electrons. The summed E-state index contributed by atoms with van der Waals surface area (Å²) in [7, 11) is -3.61. The Morgan fingerprint density at radius 1 is 1.10 bits per heavy atom. The van der Waals surface area contributed by atoms with Crippen LogP contribution in [0.25, 0.3) is 0 Å². The van der Waals surface area contributed by atoms with Gasteiger partial charge in [-0.25, -0.2) is 13.1 Å². The maximum absolute atomic E-state index is 12.7. The molecule has 1 N–H and O–H groups in total. The second kappa shape index (κ2) is 5.13. The molecule has 20 heavy (non-hydrogen) atoms. The van der Waals surface area contributed by atoms with Crippen molar-refractivity contribution < 1.29 is 39.5 Å². The summed E-state index contributed by atoms with van der Waals surface area (Å²) in [4.78, 5) is -1.19. The van der Waals surface area contributed by atoms with Crippen molar-refractivity contribution in [3.63, 3.8) is 0 Å². The van der Waals surface area contributed by atoms with E-state index in [1.54, 1.807) is 4.72 Å². The first kappa shape index (κ1) is 16.6. The van der Waals surface area contributed by atoms with Gasteiger partial charge in [-0.15, -0.1) is 13.2 Å². The van der Waals surface area contributed by atoms with Gasteiger partial charge in [-0.1, -0.05) is 0 Å². The minimum absolute atomic E-state index is 0.0300. The van der Waals surface area contributed by atoms with Gasteiger partial charge in [0.1, 0.15) is 5.75 Å². The number of benzene rings is 1. The third kappa shape index (κ3) is 4.00. The lowest BCUT2D eigenvalue weighted by Gasteiger charge is -2.15. The number of halogens is 6. The maximum atomic E-state index is 12.7. The number of alkyl halides is 6. The molecule has 1 rings (SSSR count). The average Bonchev–Trinajstić information content (AvgIpc) is 2.25. The molecular weight excluding hydrogens is 316 g/mol. The second-order valence-corrected chi connectivity index (χ2v) is 5.27. The third-order valence-electron chi connectivity index (χ3n) is 2.05. The van der Waals surface area contributed by atoms with Gasteiger partial charge in [0.15, 0.2) is 0 Å². The van der Waals surface area contributed by atoms with Crippen LogP contribution in [0.15, 0.2) is 23.1 Å². The van der Waals surface area contributed by atoms with E-state index >= 15 is 0 Å². The maximum Gasteiger partial charge on any atom is 0.573 e. The molecule has 0 amide bonds. The summed E-state index contributed by atoms with van der Waals surface area (Å²) in [5.41, 5.74) is -1.76. The topological polar surface area (TPSA) is 55.4 Å². The van der Waals surface area contributed by atoms with Gasteiger partial charge in [0.05, 0.1) is 10.5 Å². The van der Waals surface area contributed by atoms with Gasteiger partial charge < -0.3 is 4.74 Å². The van der Waals surface area contributed by atoms with Gasteiger partial charge in [0, 0.05) is 0 Å². The van der Waals surface area contributed by atoms with E-state index in [2.05, 4.69) is 4.74 Å². The van der Waals surface area contributed by atoms with Crippen molar-refractivity contribution in [2.45, 2.75) is 17.4 Å². The molecule has 11 heteroatoms. The van der Waals surface area contributed by atoms with E-state index in [0.29, 0.717) is 12.1 Å². The van der Waals surface area contributed by atoms with Crippen LogP contribution in [0.4, 0.5) is 26.3 Å². The van der Waals surface area contributed by atoms with E-state index in [1.807, 2.05) is 0 Å². The highest BCUT2D eigenvalue weighted by molar-refractivity contribution is 7.89. The monoisotopic (exact) mass is 323 g/mol. The highest BCUT2D eigenvalue weighted by Gasteiger charge is 2.39. The van der Waals surface area contributed by atoms with Crippen LogP contribution in [0.3, 0.4) is 0 Å². The van der Waals surface area contributed by atoms with Gasteiger partial charge in [-0.3, -0.25) is 0 Å². The zero-order valence-electron chi connectivity index (χ0n) is 9.63. The highest BCUT2D eigenvalue weighted by atomic mass is 32.2. The van der Waals surface area contributed by atoms with E-state index in [-0.39, 0.29) is 6.07 Å². The summed E-state index contributed by atoms with van der Waals surface area (Å²) < 4.78 is 102. The standard InChI is InChI=1S/C9H7F6NO3S/c1-16-20(17,18)7-3-2-5(19-9(13,14)15)4-6(7)8(10,11)12/h2-4,16H,1H3. The molecular formula is C9H7F6NO3S. The van der Waals surface area contributed by atoms with E-state index in [4.69, 9.17) is 0 Å². The summed E-state index contributed by atoms with van der Waals surface area (Å²) in [5, 5.41) is 0. The molecule has 0 aliphatic carbocycles. The fraction of sp³-hybridized carbons (Fsp3) is 0.333. The van der Waals surface area contributed by atoms with Gasteiger partial charge in [-0.2, -0.15) is 13.2 Å². The molecule has 0 saturated carbocycles. The van der Waals surface area contributed by atoms with Crippen molar-refractivity contribution >= 4 is 10.0 Å². The van der Waals surface area contributed by atoms with Crippen LogP contribution in [0.1, 0.15) is 5.56 Å².